The minimum atomic E-state index is -0.736. The molecule has 1 atom stereocenters. The maximum absolute atomic E-state index is 11.5. The normalized spacial score (nSPS) is 12.0. The molecule has 136 valence electrons. The van der Waals surface area contributed by atoms with Gasteiger partial charge in [0.15, 0.2) is 6.10 Å². The van der Waals surface area contributed by atoms with E-state index in [4.69, 9.17) is 4.74 Å². The van der Waals surface area contributed by atoms with Crippen LogP contribution in [0.3, 0.4) is 0 Å². The van der Waals surface area contributed by atoms with Crippen molar-refractivity contribution in [2.75, 3.05) is 7.11 Å². The van der Waals surface area contributed by atoms with Gasteiger partial charge in [-0.1, -0.05) is 77.6 Å². The lowest BCUT2D eigenvalue weighted by Crippen LogP contribution is -2.27. The Morgan fingerprint density at radius 2 is 1.22 bits per heavy atom. The second-order valence-corrected chi connectivity index (χ2v) is 6.30. The van der Waals surface area contributed by atoms with Crippen LogP contribution in [0.4, 0.5) is 0 Å². The Hall–Kier alpha value is -1.06. The molecule has 0 amide bonds. The zero-order valence-electron chi connectivity index (χ0n) is 15.4. The van der Waals surface area contributed by atoms with Crippen molar-refractivity contribution in [1.82, 2.24) is 0 Å². The van der Waals surface area contributed by atoms with Gasteiger partial charge in [0.25, 0.3) is 0 Å². The van der Waals surface area contributed by atoms with E-state index in [0.717, 1.165) is 12.8 Å². The predicted molar refractivity (Wildman–Crippen MR) is 93.3 cm³/mol. The minimum Gasteiger partial charge on any atom is -0.466 e. The fourth-order valence-corrected chi connectivity index (χ4v) is 2.73. The molecule has 0 aromatic heterocycles. The van der Waals surface area contributed by atoms with Gasteiger partial charge in [0.1, 0.15) is 0 Å². The number of esters is 2. The van der Waals surface area contributed by atoms with Crippen LogP contribution in [0, 0.1) is 0 Å². The molecule has 0 radical (unpaired) electrons. The zero-order chi connectivity index (χ0) is 17.3. The van der Waals surface area contributed by atoms with E-state index >= 15 is 0 Å². The van der Waals surface area contributed by atoms with Crippen molar-refractivity contribution in [2.24, 2.45) is 0 Å². The molecular formula is C19H36O4. The van der Waals surface area contributed by atoms with E-state index < -0.39 is 18.0 Å². The maximum Gasteiger partial charge on any atom is 0.347 e. The van der Waals surface area contributed by atoms with Crippen LogP contribution in [-0.2, 0) is 19.1 Å². The van der Waals surface area contributed by atoms with Gasteiger partial charge in [-0.15, -0.1) is 0 Å². The summed E-state index contributed by atoms with van der Waals surface area (Å²) >= 11 is 0. The van der Waals surface area contributed by atoms with Crippen molar-refractivity contribution >= 4 is 11.9 Å². The lowest BCUT2D eigenvalue weighted by molar-refractivity contribution is -0.165. The number of unbranched alkanes of at least 4 members (excludes halogenated alkanes) is 11. The van der Waals surface area contributed by atoms with Gasteiger partial charge in [-0.2, -0.15) is 0 Å². The van der Waals surface area contributed by atoms with Crippen LogP contribution in [-0.4, -0.2) is 25.2 Å². The van der Waals surface area contributed by atoms with Crippen LogP contribution in [0.5, 0.6) is 0 Å². The highest BCUT2D eigenvalue weighted by molar-refractivity contribution is 5.78. The van der Waals surface area contributed by atoms with Crippen molar-refractivity contribution < 1.29 is 19.1 Å². The molecule has 0 saturated carbocycles. The first-order chi connectivity index (χ1) is 11.1. The highest BCUT2D eigenvalue weighted by Crippen LogP contribution is 2.14. The number of carbonyl (C=O) groups excluding carboxylic acids is 2. The van der Waals surface area contributed by atoms with Crippen LogP contribution in [0.1, 0.15) is 97.3 Å². The molecule has 0 aliphatic heterocycles. The number of ether oxygens (including phenoxy) is 2. The third-order valence-electron chi connectivity index (χ3n) is 4.09. The molecule has 0 rings (SSSR count). The van der Waals surface area contributed by atoms with Crippen molar-refractivity contribution in [2.45, 2.75) is 103 Å². The summed E-state index contributed by atoms with van der Waals surface area (Å²) in [7, 11) is 1.32. The molecule has 0 aliphatic rings. The Morgan fingerprint density at radius 1 is 0.783 bits per heavy atom. The summed E-state index contributed by atoms with van der Waals surface area (Å²) in [5.74, 6) is -0.886. The standard InChI is InChI=1S/C19H36O4/c1-4-5-6-7-8-9-10-11-12-13-14-15-16-18(19(21)22-3)23-17(2)20/h18H,4-16H2,1-3H3. The summed E-state index contributed by atoms with van der Waals surface area (Å²) in [4.78, 5) is 22.4. The van der Waals surface area contributed by atoms with E-state index in [2.05, 4.69) is 11.7 Å². The molecule has 0 spiro atoms. The number of hydrogen-bond acceptors (Lipinski definition) is 4. The van der Waals surface area contributed by atoms with Crippen LogP contribution in [0.25, 0.3) is 0 Å². The Bertz CT molecular complexity index is 302. The number of methoxy groups -OCH3 is 1. The topological polar surface area (TPSA) is 52.6 Å². The Kier molecular flexibility index (Phi) is 15.1. The van der Waals surface area contributed by atoms with Gasteiger partial charge in [0, 0.05) is 6.92 Å². The fraction of sp³-hybridized carbons (Fsp3) is 0.895. The van der Waals surface area contributed by atoms with E-state index in [-0.39, 0.29) is 0 Å². The first kappa shape index (κ1) is 21.9. The summed E-state index contributed by atoms with van der Waals surface area (Å²) in [6, 6.07) is 0. The van der Waals surface area contributed by atoms with Crippen molar-refractivity contribution in [3.63, 3.8) is 0 Å². The van der Waals surface area contributed by atoms with E-state index in [9.17, 15) is 9.59 Å². The third-order valence-corrected chi connectivity index (χ3v) is 4.09. The molecule has 0 aromatic carbocycles. The van der Waals surface area contributed by atoms with Gasteiger partial charge in [0.2, 0.25) is 0 Å². The van der Waals surface area contributed by atoms with E-state index in [1.165, 1.54) is 78.2 Å². The second kappa shape index (κ2) is 15.8. The highest BCUT2D eigenvalue weighted by atomic mass is 16.6. The maximum atomic E-state index is 11.5. The Balaban J connectivity index is 3.45. The lowest BCUT2D eigenvalue weighted by atomic mass is 10.0. The average Bonchev–Trinajstić information content (AvgIpc) is 2.53. The molecular weight excluding hydrogens is 292 g/mol. The molecule has 4 heteroatoms. The van der Waals surface area contributed by atoms with Crippen molar-refractivity contribution in [1.29, 1.82) is 0 Å². The van der Waals surface area contributed by atoms with E-state index in [1.54, 1.807) is 0 Å². The van der Waals surface area contributed by atoms with Crippen LogP contribution >= 0.6 is 0 Å². The van der Waals surface area contributed by atoms with Crippen molar-refractivity contribution in [3.8, 4) is 0 Å². The fourth-order valence-electron chi connectivity index (χ4n) is 2.73. The van der Waals surface area contributed by atoms with E-state index in [1.807, 2.05) is 0 Å². The highest BCUT2D eigenvalue weighted by Gasteiger charge is 2.21. The quantitative estimate of drug-likeness (QED) is 0.307. The Labute approximate surface area is 142 Å². The van der Waals surface area contributed by atoms with Crippen LogP contribution in [0.2, 0.25) is 0 Å². The lowest BCUT2D eigenvalue weighted by Gasteiger charge is -2.14. The molecule has 0 heterocycles. The second-order valence-electron chi connectivity index (χ2n) is 6.30. The zero-order valence-corrected chi connectivity index (χ0v) is 15.4. The van der Waals surface area contributed by atoms with Gasteiger partial charge in [-0.3, -0.25) is 4.79 Å². The molecule has 23 heavy (non-hydrogen) atoms. The van der Waals surface area contributed by atoms with Gasteiger partial charge in [0.05, 0.1) is 7.11 Å². The molecule has 4 nitrogen and oxygen atoms in total. The van der Waals surface area contributed by atoms with Gasteiger partial charge in [-0.25, -0.2) is 4.79 Å². The first-order valence-corrected chi connectivity index (χ1v) is 9.36. The molecule has 0 saturated heterocycles. The molecule has 0 aliphatic carbocycles. The Morgan fingerprint density at radius 3 is 1.61 bits per heavy atom. The first-order valence-electron chi connectivity index (χ1n) is 9.36. The number of carbonyl (C=O) groups is 2. The van der Waals surface area contributed by atoms with E-state index in [0.29, 0.717) is 6.42 Å². The predicted octanol–water partition coefficient (Wildman–Crippen LogP) is 5.18. The summed E-state index contributed by atoms with van der Waals surface area (Å²) in [5, 5.41) is 0. The van der Waals surface area contributed by atoms with Crippen LogP contribution in [0.15, 0.2) is 0 Å². The number of hydrogen-bond donors (Lipinski definition) is 0. The molecule has 0 N–H and O–H groups in total. The van der Waals surface area contributed by atoms with Crippen molar-refractivity contribution in [3.05, 3.63) is 0 Å². The van der Waals surface area contributed by atoms with Gasteiger partial charge >= 0.3 is 11.9 Å². The summed E-state index contributed by atoms with van der Waals surface area (Å²) in [6.07, 6.45) is 15.1. The van der Waals surface area contributed by atoms with Gasteiger partial charge in [-0.05, 0) is 12.8 Å². The largest absolute Gasteiger partial charge is 0.466 e. The SMILES string of the molecule is CCCCCCCCCCCCCCC(OC(C)=O)C(=O)OC. The monoisotopic (exact) mass is 328 g/mol. The smallest absolute Gasteiger partial charge is 0.347 e. The third kappa shape index (κ3) is 14.3. The summed E-state index contributed by atoms with van der Waals surface area (Å²) < 4.78 is 9.64. The molecule has 0 bridgehead atoms. The summed E-state index contributed by atoms with van der Waals surface area (Å²) in [6.45, 7) is 3.57. The van der Waals surface area contributed by atoms with Crippen LogP contribution < -0.4 is 0 Å². The number of rotatable bonds is 15. The summed E-state index contributed by atoms with van der Waals surface area (Å²) in [5.41, 5.74) is 0. The van der Waals surface area contributed by atoms with Gasteiger partial charge < -0.3 is 9.47 Å². The average molecular weight is 328 g/mol. The molecule has 0 fully saturated rings. The molecule has 0 aromatic rings. The minimum absolute atomic E-state index is 0.431. The molecule has 1 unspecified atom stereocenters.